The van der Waals surface area contributed by atoms with Crippen LogP contribution < -0.4 is 11.1 Å². The third kappa shape index (κ3) is 5.20. The van der Waals surface area contributed by atoms with Crippen molar-refractivity contribution in [3.05, 3.63) is 29.8 Å². The van der Waals surface area contributed by atoms with E-state index >= 15 is 0 Å². The number of carbonyl (C=O) groups excluding carboxylic acids is 1. The van der Waals surface area contributed by atoms with Crippen molar-refractivity contribution in [1.82, 2.24) is 9.62 Å². The number of benzene rings is 1. The minimum Gasteiger partial charge on any atom is -0.373 e. The van der Waals surface area contributed by atoms with Gasteiger partial charge in [-0.3, -0.25) is 4.79 Å². The number of amides is 1. The number of sulfonamides is 1. The van der Waals surface area contributed by atoms with E-state index in [1.54, 1.807) is 12.1 Å². The zero-order chi connectivity index (χ0) is 18.9. The van der Waals surface area contributed by atoms with E-state index in [2.05, 4.69) is 5.32 Å². The predicted molar refractivity (Wildman–Crippen MR) is 105 cm³/mol. The maximum atomic E-state index is 13.0. The first-order chi connectivity index (χ1) is 12.3. The summed E-state index contributed by atoms with van der Waals surface area (Å²) < 4.78 is 33.0. The topological polar surface area (TPSA) is 102 Å². The van der Waals surface area contributed by atoms with Crippen molar-refractivity contribution in [2.75, 3.05) is 19.6 Å². The first kappa shape index (κ1) is 22.1. The lowest BCUT2D eigenvalue weighted by molar-refractivity contribution is -0.0440. The molecule has 1 aromatic carbocycles. The van der Waals surface area contributed by atoms with Crippen LogP contribution in [0.1, 0.15) is 37.0 Å². The lowest BCUT2D eigenvalue weighted by Crippen LogP contribution is -2.48. The first-order valence-electron chi connectivity index (χ1n) is 9.08. The quantitative estimate of drug-likeness (QED) is 0.727. The molecule has 0 bridgehead atoms. The Labute approximate surface area is 167 Å². The van der Waals surface area contributed by atoms with E-state index < -0.39 is 10.0 Å². The molecule has 2 aliphatic rings. The molecule has 1 saturated carbocycles. The van der Waals surface area contributed by atoms with Crippen LogP contribution in [0.4, 0.5) is 0 Å². The number of nitrogens with two attached hydrogens (primary N) is 1. The predicted octanol–water partition coefficient (Wildman–Crippen LogP) is 1.37. The molecule has 152 valence electrons. The number of nitrogens with zero attached hydrogens (tertiary/aromatic N) is 1. The average Bonchev–Trinajstić information content (AvgIpc) is 3.43. The van der Waals surface area contributed by atoms with Crippen molar-refractivity contribution < 1.29 is 17.9 Å². The van der Waals surface area contributed by atoms with Crippen molar-refractivity contribution in [3.63, 3.8) is 0 Å². The minimum absolute atomic E-state index is 0. The SMILES string of the molecule is CC1CN(S(=O)(=O)c2cccc(C(=O)NC(CN)C3CC3)c2)CC(C)O1.Cl. The molecule has 3 unspecified atom stereocenters. The van der Waals surface area contributed by atoms with Crippen LogP contribution in [0.25, 0.3) is 0 Å². The molecule has 3 N–H and O–H groups in total. The van der Waals surface area contributed by atoms with Crippen LogP contribution in [0.15, 0.2) is 29.2 Å². The molecule has 0 aromatic heterocycles. The highest BCUT2D eigenvalue weighted by atomic mass is 35.5. The van der Waals surface area contributed by atoms with Crippen LogP contribution in [0.5, 0.6) is 0 Å². The van der Waals surface area contributed by atoms with Gasteiger partial charge in [0.25, 0.3) is 5.91 Å². The molecule has 1 saturated heterocycles. The van der Waals surface area contributed by atoms with Crippen molar-refractivity contribution in [3.8, 4) is 0 Å². The molecule has 1 aliphatic carbocycles. The summed E-state index contributed by atoms with van der Waals surface area (Å²) in [7, 11) is -3.67. The second-order valence-electron chi connectivity index (χ2n) is 7.26. The molecule has 3 rings (SSSR count). The summed E-state index contributed by atoms with van der Waals surface area (Å²) in [6, 6.07) is 6.14. The van der Waals surface area contributed by atoms with Gasteiger partial charge in [-0.25, -0.2) is 8.42 Å². The minimum atomic E-state index is -3.67. The van der Waals surface area contributed by atoms with Crippen molar-refractivity contribution >= 4 is 28.3 Å². The van der Waals surface area contributed by atoms with Crippen LogP contribution in [-0.2, 0) is 14.8 Å². The molecule has 9 heteroatoms. The van der Waals surface area contributed by atoms with Gasteiger partial charge >= 0.3 is 0 Å². The number of ether oxygens (including phenoxy) is 1. The Balaban J connectivity index is 0.00000261. The lowest BCUT2D eigenvalue weighted by Gasteiger charge is -2.34. The maximum absolute atomic E-state index is 13.0. The van der Waals surface area contributed by atoms with E-state index in [-0.39, 0.29) is 41.5 Å². The van der Waals surface area contributed by atoms with Gasteiger partial charge in [0.15, 0.2) is 0 Å². The van der Waals surface area contributed by atoms with Crippen LogP contribution in [-0.4, -0.2) is 56.5 Å². The molecule has 3 atom stereocenters. The molecule has 1 amide bonds. The van der Waals surface area contributed by atoms with Gasteiger partial charge in [0.1, 0.15) is 0 Å². The number of hydrogen-bond acceptors (Lipinski definition) is 5. The molecule has 0 spiro atoms. The van der Waals surface area contributed by atoms with Crippen molar-refractivity contribution in [2.45, 2.75) is 49.8 Å². The van der Waals surface area contributed by atoms with E-state index in [1.807, 2.05) is 13.8 Å². The molecule has 1 aliphatic heterocycles. The first-order valence-corrected chi connectivity index (χ1v) is 10.5. The van der Waals surface area contributed by atoms with Crippen molar-refractivity contribution in [1.29, 1.82) is 0 Å². The smallest absolute Gasteiger partial charge is 0.251 e. The van der Waals surface area contributed by atoms with Crippen LogP contribution >= 0.6 is 12.4 Å². The highest BCUT2D eigenvalue weighted by molar-refractivity contribution is 7.89. The van der Waals surface area contributed by atoms with E-state index in [9.17, 15) is 13.2 Å². The summed E-state index contributed by atoms with van der Waals surface area (Å²) >= 11 is 0. The number of morpholine rings is 1. The fourth-order valence-corrected chi connectivity index (χ4v) is 5.03. The number of rotatable bonds is 6. The van der Waals surface area contributed by atoms with Crippen LogP contribution in [0.2, 0.25) is 0 Å². The highest BCUT2D eigenvalue weighted by Crippen LogP contribution is 2.32. The monoisotopic (exact) mass is 417 g/mol. The number of halogens is 1. The molecule has 0 radical (unpaired) electrons. The van der Waals surface area contributed by atoms with E-state index in [0.29, 0.717) is 31.1 Å². The van der Waals surface area contributed by atoms with Crippen LogP contribution in [0.3, 0.4) is 0 Å². The van der Waals surface area contributed by atoms with Gasteiger partial charge in [0.2, 0.25) is 10.0 Å². The second-order valence-corrected chi connectivity index (χ2v) is 9.20. The third-order valence-corrected chi connectivity index (χ3v) is 6.71. The van der Waals surface area contributed by atoms with Gasteiger partial charge < -0.3 is 15.8 Å². The summed E-state index contributed by atoms with van der Waals surface area (Å²) in [5.41, 5.74) is 6.07. The fourth-order valence-electron chi connectivity index (χ4n) is 3.39. The summed E-state index contributed by atoms with van der Waals surface area (Å²) in [5.74, 6) is 0.153. The molecular formula is C18H28ClN3O4S. The van der Waals surface area contributed by atoms with Gasteiger partial charge in [-0.2, -0.15) is 4.31 Å². The molecule has 7 nitrogen and oxygen atoms in total. The van der Waals surface area contributed by atoms with Gasteiger partial charge in [0.05, 0.1) is 17.1 Å². The third-order valence-electron chi connectivity index (χ3n) is 4.88. The van der Waals surface area contributed by atoms with Gasteiger partial charge in [-0.1, -0.05) is 6.07 Å². The Hall–Kier alpha value is -1.19. The normalized spacial score (nSPS) is 24.7. The highest BCUT2D eigenvalue weighted by Gasteiger charge is 2.33. The van der Waals surface area contributed by atoms with E-state index in [0.717, 1.165) is 12.8 Å². The van der Waals surface area contributed by atoms with E-state index in [1.165, 1.54) is 16.4 Å². The van der Waals surface area contributed by atoms with Crippen molar-refractivity contribution in [2.24, 2.45) is 11.7 Å². The largest absolute Gasteiger partial charge is 0.373 e. The average molecular weight is 418 g/mol. The zero-order valence-electron chi connectivity index (χ0n) is 15.6. The van der Waals surface area contributed by atoms with Gasteiger partial charge in [-0.15, -0.1) is 12.4 Å². The fraction of sp³-hybridized carbons (Fsp3) is 0.611. The Bertz CT molecular complexity index is 760. The number of nitrogens with one attached hydrogen (secondary N) is 1. The molecule has 1 aromatic rings. The molecule has 27 heavy (non-hydrogen) atoms. The number of carbonyl (C=O) groups is 1. The summed E-state index contributed by atoms with van der Waals surface area (Å²) in [5, 5.41) is 2.92. The summed E-state index contributed by atoms with van der Waals surface area (Å²) in [6.07, 6.45) is 1.82. The molecular weight excluding hydrogens is 390 g/mol. The Morgan fingerprint density at radius 3 is 2.48 bits per heavy atom. The lowest BCUT2D eigenvalue weighted by atomic mass is 10.1. The Morgan fingerprint density at radius 2 is 1.93 bits per heavy atom. The van der Waals surface area contributed by atoms with Gasteiger partial charge in [0, 0.05) is 31.2 Å². The zero-order valence-corrected chi connectivity index (χ0v) is 17.3. The standard InChI is InChI=1S/C18H27N3O4S.ClH/c1-12-10-21(11-13(2)25-12)26(23,24)16-5-3-4-15(8-16)18(22)20-17(9-19)14-6-7-14;/h3-5,8,12-14,17H,6-7,9-11,19H2,1-2H3,(H,20,22);1H. The van der Waals surface area contributed by atoms with Crippen LogP contribution in [0, 0.1) is 5.92 Å². The van der Waals surface area contributed by atoms with E-state index in [4.69, 9.17) is 10.5 Å². The molecule has 2 fully saturated rings. The summed E-state index contributed by atoms with van der Waals surface area (Å²) in [4.78, 5) is 12.6. The molecule has 1 heterocycles. The maximum Gasteiger partial charge on any atom is 0.251 e. The summed E-state index contributed by atoms with van der Waals surface area (Å²) in [6.45, 7) is 4.71. The number of hydrogen-bond donors (Lipinski definition) is 2. The van der Waals surface area contributed by atoms with Gasteiger partial charge in [-0.05, 0) is 50.8 Å². The Kier molecular flexibility index (Phi) is 7.27. The second kappa shape index (κ2) is 8.87. The Morgan fingerprint density at radius 1 is 1.30 bits per heavy atom.